The van der Waals surface area contributed by atoms with Gasteiger partial charge in [0.1, 0.15) is 17.2 Å². The number of pyridine rings is 1. The Kier molecular flexibility index (Phi) is 3.65. The highest BCUT2D eigenvalue weighted by atomic mass is 16.5. The molecule has 3 rings (SSSR count). The third-order valence-corrected chi connectivity index (χ3v) is 3.29. The minimum atomic E-state index is -0.263. The molecule has 2 N–H and O–H groups in total. The summed E-state index contributed by atoms with van der Waals surface area (Å²) in [4.78, 5) is 19.6. The first-order valence-electron chi connectivity index (χ1n) is 6.68. The lowest BCUT2D eigenvalue weighted by atomic mass is 10.2. The number of hydrogen-bond acceptors (Lipinski definition) is 4. The largest absolute Gasteiger partial charge is 0.497 e. The summed E-state index contributed by atoms with van der Waals surface area (Å²) in [7, 11) is 3.11. The number of benzene rings is 1. The number of methoxy groups -OCH3 is 2. The van der Waals surface area contributed by atoms with Crippen LogP contribution in [0.4, 0.5) is 5.69 Å². The van der Waals surface area contributed by atoms with Crippen LogP contribution in [-0.2, 0) is 0 Å². The molecule has 0 radical (unpaired) electrons. The van der Waals surface area contributed by atoms with E-state index in [9.17, 15) is 4.79 Å². The van der Waals surface area contributed by atoms with E-state index in [2.05, 4.69) is 15.3 Å². The van der Waals surface area contributed by atoms with Gasteiger partial charge in [0, 0.05) is 12.3 Å². The molecule has 22 heavy (non-hydrogen) atoms. The molecule has 0 fully saturated rings. The molecule has 0 saturated carbocycles. The number of rotatable bonds is 4. The highest BCUT2D eigenvalue weighted by Gasteiger charge is 2.13. The van der Waals surface area contributed by atoms with Gasteiger partial charge in [-0.15, -0.1) is 0 Å². The number of ether oxygens (including phenoxy) is 2. The minimum absolute atomic E-state index is 0.263. The zero-order chi connectivity index (χ0) is 15.5. The fourth-order valence-electron chi connectivity index (χ4n) is 2.17. The quantitative estimate of drug-likeness (QED) is 0.776. The zero-order valence-electron chi connectivity index (χ0n) is 12.2. The third-order valence-electron chi connectivity index (χ3n) is 3.29. The molecule has 0 unspecified atom stereocenters. The Hall–Kier alpha value is -3.02. The van der Waals surface area contributed by atoms with Crippen molar-refractivity contribution in [3.63, 3.8) is 0 Å². The van der Waals surface area contributed by atoms with E-state index in [-0.39, 0.29) is 5.91 Å². The lowest BCUT2D eigenvalue weighted by Crippen LogP contribution is -2.13. The number of aromatic nitrogens is 2. The Morgan fingerprint density at radius 1 is 1.18 bits per heavy atom. The van der Waals surface area contributed by atoms with E-state index in [1.54, 1.807) is 37.6 Å². The van der Waals surface area contributed by atoms with E-state index in [4.69, 9.17) is 9.47 Å². The lowest BCUT2D eigenvalue weighted by Gasteiger charge is -2.11. The number of carbonyl (C=O) groups excluding carboxylic acids is 1. The van der Waals surface area contributed by atoms with Crippen molar-refractivity contribution in [2.75, 3.05) is 19.5 Å². The molecule has 0 atom stereocenters. The van der Waals surface area contributed by atoms with Crippen LogP contribution in [0, 0.1) is 0 Å². The summed E-state index contributed by atoms with van der Waals surface area (Å²) in [5, 5.41) is 2.81. The highest BCUT2D eigenvalue weighted by Crippen LogP contribution is 2.29. The maximum atomic E-state index is 12.3. The van der Waals surface area contributed by atoms with Crippen molar-refractivity contribution in [1.29, 1.82) is 0 Å². The molecule has 2 aromatic heterocycles. The summed E-state index contributed by atoms with van der Waals surface area (Å²) in [6.45, 7) is 0. The van der Waals surface area contributed by atoms with Gasteiger partial charge in [-0.3, -0.25) is 9.78 Å². The van der Waals surface area contributed by atoms with Crippen LogP contribution in [0.25, 0.3) is 11.0 Å². The molecule has 0 aliphatic rings. The number of amides is 1. The fraction of sp³-hybridized carbons (Fsp3) is 0.125. The Balaban J connectivity index is 1.87. The Bertz CT molecular complexity index is 793. The maximum absolute atomic E-state index is 12.3. The Morgan fingerprint density at radius 2 is 2.05 bits per heavy atom. The summed E-state index contributed by atoms with van der Waals surface area (Å²) in [5.41, 5.74) is 2.56. The van der Waals surface area contributed by atoms with Crippen LogP contribution in [0.2, 0.25) is 0 Å². The van der Waals surface area contributed by atoms with Crippen LogP contribution in [0.3, 0.4) is 0 Å². The van der Waals surface area contributed by atoms with Gasteiger partial charge in [0.2, 0.25) is 0 Å². The van der Waals surface area contributed by atoms with Crippen molar-refractivity contribution < 1.29 is 14.3 Å². The van der Waals surface area contributed by atoms with Gasteiger partial charge in [-0.2, -0.15) is 0 Å². The van der Waals surface area contributed by atoms with Crippen molar-refractivity contribution in [2.24, 2.45) is 0 Å². The van der Waals surface area contributed by atoms with Crippen LogP contribution >= 0.6 is 0 Å². The summed E-state index contributed by atoms with van der Waals surface area (Å²) in [6.07, 6.45) is 1.68. The van der Waals surface area contributed by atoms with Gasteiger partial charge in [-0.1, -0.05) is 0 Å². The molecule has 2 heterocycles. The van der Waals surface area contributed by atoms with E-state index in [1.165, 1.54) is 7.11 Å². The van der Waals surface area contributed by atoms with Gasteiger partial charge < -0.3 is 19.8 Å². The molecule has 0 spiro atoms. The average Bonchev–Trinajstić information content (AvgIpc) is 2.99. The average molecular weight is 297 g/mol. The molecule has 3 aromatic rings. The van der Waals surface area contributed by atoms with Crippen LogP contribution in [-0.4, -0.2) is 30.1 Å². The molecule has 0 aliphatic heterocycles. The fourth-order valence-corrected chi connectivity index (χ4v) is 2.17. The van der Waals surface area contributed by atoms with Crippen molar-refractivity contribution in [2.45, 2.75) is 0 Å². The first-order chi connectivity index (χ1) is 10.7. The van der Waals surface area contributed by atoms with Gasteiger partial charge in [0.05, 0.1) is 30.9 Å². The number of fused-ring (bicyclic) bond motifs is 1. The number of nitrogens with one attached hydrogen (secondary N) is 2. The summed E-state index contributed by atoms with van der Waals surface area (Å²) in [5.74, 6) is 0.924. The highest BCUT2D eigenvalue weighted by molar-refractivity contribution is 6.06. The number of aromatic amines is 1. The van der Waals surface area contributed by atoms with Crippen molar-refractivity contribution in [1.82, 2.24) is 9.97 Å². The van der Waals surface area contributed by atoms with Gasteiger partial charge in [0.25, 0.3) is 5.91 Å². The summed E-state index contributed by atoms with van der Waals surface area (Å²) >= 11 is 0. The number of hydrogen-bond donors (Lipinski definition) is 2. The minimum Gasteiger partial charge on any atom is -0.497 e. The van der Waals surface area contributed by atoms with E-state index in [0.29, 0.717) is 22.9 Å². The summed E-state index contributed by atoms with van der Waals surface area (Å²) in [6, 6.07) is 10.6. The smallest absolute Gasteiger partial charge is 0.272 e. The molecular weight excluding hydrogens is 282 g/mol. The predicted octanol–water partition coefficient (Wildman–Crippen LogP) is 2.83. The second-order valence-corrected chi connectivity index (χ2v) is 4.64. The van der Waals surface area contributed by atoms with Gasteiger partial charge >= 0.3 is 0 Å². The van der Waals surface area contributed by atoms with Crippen molar-refractivity contribution in [3.8, 4) is 11.5 Å². The SMILES string of the molecule is COc1ccc(NC(=O)c2cc3ncccc3[nH]2)c(OC)c1. The standard InChI is InChI=1S/C16H15N3O3/c1-21-10-5-6-12(15(8-10)22-2)19-16(20)14-9-13-11(18-14)4-3-7-17-13/h3-9,18H,1-2H3,(H,19,20). The van der Waals surface area contributed by atoms with E-state index >= 15 is 0 Å². The maximum Gasteiger partial charge on any atom is 0.272 e. The van der Waals surface area contributed by atoms with E-state index in [1.807, 2.05) is 12.1 Å². The van der Waals surface area contributed by atoms with Crippen LogP contribution in [0.1, 0.15) is 10.5 Å². The van der Waals surface area contributed by atoms with Crippen molar-refractivity contribution in [3.05, 3.63) is 48.3 Å². The molecule has 6 heteroatoms. The molecule has 1 aromatic carbocycles. The van der Waals surface area contributed by atoms with E-state index < -0.39 is 0 Å². The number of anilines is 1. The monoisotopic (exact) mass is 297 g/mol. The van der Waals surface area contributed by atoms with Crippen molar-refractivity contribution >= 4 is 22.6 Å². The topological polar surface area (TPSA) is 76.2 Å². The molecule has 6 nitrogen and oxygen atoms in total. The molecule has 0 aliphatic carbocycles. The second-order valence-electron chi connectivity index (χ2n) is 4.64. The first kappa shape index (κ1) is 13.9. The molecule has 0 saturated heterocycles. The number of H-pyrrole nitrogens is 1. The van der Waals surface area contributed by atoms with E-state index in [0.717, 1.165) is 11.0 Å². The number of carbonyl (C=O) groups is 1. The molecular formula is C16H15N3O3. The first-order valence-corrected chi connectivity index (χ1v) is 6.68. The second kappa shape index (κ2) is 5.77. The third kappa shape index (κ3) is 2.58. The van der Waals surface area contributed by atoms with Gasteiger partial charge in [-0.05, 0) is 30.3 Å². The van der Waals surface area contributed by atoms with Gasteiger partial charge in [-0.25, -0.2) is 0 Å². The van der Waals surface area contributed by atoms with Crippen LogP contribution in [0.15, 0.2) is 42.6 Å². The Morgan fingerprint density at radius 3 is 2.77 bits per heavy atom. The summed E-state index contributed by atoms with van der Waals surface area (Å²) < 4.78 is 10.4. The Labute approximate surface area is 127 Å². The van der Waals surface area contributed by atoms with Gasteiger partial charge in [0.15, 0.2) is 0 Å². The zero-order valence-corrected chi connectivity index (χ0v) is 12.2. The lowest BCUT2D eigenvalue weighted by molar-refractivity contribution is 0.102. The molecule has 1 amide bonds. The normalized spacial score (nSPS) is 10.5. The predicted molar refractivity (Wildman–Crippen MR) is 83.6 cm³/mol. The molecule has 0 bridgehead atoms. The molecule has 112 valence electrons. The van der Waals surface area contributed by atoms with Crippen LogP contribution < -0.4 is 14.8 Å². The number of nitrogens with zero attached hydrogens (tertiary/aromatic N) is 1. The van der Waals surface area contributed by atoms with Crippen LogP contribution in [0.5, 0.6) is 11.5 Å².